The molecule has 19 heavy (non-hydrogen) atoms. The van der Waals surface area contributed by atoms with Gasteiger partial charge in [-0.2, -0.15) is 5.10 Å². The van der Waals surface area contributed by atoms with Crippen LogP contribution in [0, 0.1) is 0 Å². The summed E-state index contributed by atoms with van der Waals surface area (Å²) < 4.78 is 2.44. The quantitative estimate of drug-likeness (QED) is 0.784. The topological polar surface area (TPSA) is 121 Å². The van der Waals surface area contributed by atoms with Crippen LogP contribution in [0.3, 0.4) is 0 Å². The van der Waals surface area contributed by atoms with Crippen molar-refractivity contribution in [1.82, 2.24) is 24.8 Å². The second-order valence-electron chi connectivity index (χ2n) is 3.82. The summed E-state index contributed by atoms with van der Waals surface area (Å²) in [6, 6.07) is 0. The molecule has 0 aliphatic heterocycles. The molecule has 0 saturated heterocycles. The molecule has 2 aromatic heterocycles. The average Bonchev–Trinajstić information content (AvgIpc) is 2.98. The summed E-state index contributed by atoms with van der Waals surface area (Å²) in [4.78, 5) is 22.9. The zero-order valence-corrected chi connectivity index (χ0v) is 10.3. The van der Waals surface area contributed by atoms with Gasteiger partial charge in [-0.25, -0.2) is 9.36 Å². The van der Waals surface area contributed by atoms with E-state index in [-0.39, 0.29) is 18.4 Å². The van der Waals surface area contributed by atoms with E-state index in [1.54, 1.807) is 6.92 Å². The predicted octanol–water partition coefficient (Wildman–Crippen LogP) is -0.254. The number of anilines is 2. The Bertz CT molecular complexity index is 601. The van der Waals surface area contributed by atoms with Crippen molar-refractivity contribution in [3.8, 4) is 0 Å². The fourth-order valence-corrected chi connectivity index (χ4v) is 1.35. The van der Waals surface area contributed by atoms with E-state index in [9.17, 15) is 9.59 Å². The molecule has 0 aliphatic carbocycles. The van der Waals surface area contributed by atoms with E-state index in [0.717, 1.165) is 4.68 Å². The lowest BCUT2D eigenvalue weighted by Crippen LogP contribution is -2.18. The molecule has 0 aromatic carbocycles. The lowest BCUT2D eigenvalue weighted by molar-refractivity contribution is -0.115. The van der Waals surface area contributed by atoms with Gasteiger partial charge in [-0.3, -0.25) is 9.59 Å². The number of hydrogen-bond acceptors (Lipinski definition) is 6. The molecule has 0 radical (unpaired) electrons. The number of nitrogens with zero attached hydrogens (tertiary/aromatic N) is 5. The predicted molar refractivity (Wildman–Crippen MR) is 66.2 cm³/mol. The first-order valence-electron chi connectivity index (χ1n) is 5.62. The van der Waals surface area contributed by atoms with Crippen molar-refractivity contribution in [3.63, 3.8) is 0 Å². The Morgan fingerprint density at radius 1 is 1.42 bits per heavy atom. The minimum Gasteiger partial charge on any atom is -0.396 e. The molecule has 0 bridgehead atoms. The van der Waals surface area contributed by atoms with E-state index in [1.165, 1.54) is 23.3 Å². The summed E-state index contributed by atoms with van der Waals surface area (Å²) in [7, 11) is 0. The first-order chi connectivity index (χ1) is 9.08. The fraction of sp³-hybridized carbons (Fsp3) is 0.300. The van der Waals surface area contributed by atoms with Gasteiger partial charge >= 0.3 is 0 Å². The highest BCUT2D eigenvalue weighted by molar-refractivity contribution is 5.89. The monoisotopic (exact) mass is 263 g/mol. The maximum Gasteiger partial charge on any atom is 0.268 e. The zero-order valence-electron chi connectivity index (χ0n) is 10.3. The van der Waals surface area contributed by atoms with Gasteiger partial charge in [0.1, 0.15) is 6.54 Å². The SMILES string of the molecule is CCC(=O)Nc1cn(CC(=O)n2cc(N)cn2)nn1. The summed E-state index contributed by atoms with van der Waals surface area (Å²) in [6.45, 7) is 1.68. The largest absolute Gasteiger partial charge is 0.396 e. The maximum atomic E-state index is 11.8. The number of rotatable bonds is 4. The first kappa shape index (κ1) is 12.7. The summed E-state index contributed by atoms with van der Waals surface area (Å²) in [5.74, 6) is -0.173. The Hall–Kier alpha value is -2.71. The standard InChI is InChI=1S/C10H13N7O2/c1-2-9(18)13-8-5-16(15-14-8)6-10(19)17-4-7(11)3-12-17/h3-5H,2,6,11H2,1H3,(H,13,18). The van der Waals surface area contributed by atoms with Crippen molar-refractivity contribution in [2.75, 3.05) is 11.1 Å². The number of aromatic nitrogens is 5. The number of nitrogens with one attached hydrogen (secondary N) is 1. The Labute approximate surface area is 108 Å². The molecule has 9 nitrogen and oxygen atoms in total. The van der Waals surface area contributed by atoms with Crippen molar-refractivity contribution in [2.45, 2.75) is 19.9 Å². The normalized spacial score (nSPS) is 10.4. The molecule has 1 amide bonds. The zero-order chi connectivity index (χ0) is 13.8. The van der Waals surface area contributed by atoms with Crippen LogP contribution in [0.5, 0.6) is 0 Å². The van der Waals surface area contributed by atoms with Crippen LogP contribution in [0.1, 0.15) is 18.1 Å². The van der Waals surface area contributed by atoms with Crippen LogP contribution in [0.25, 0.3) is 0 Å². The molecule has 0 saturated carbocycles. The molecule has 2 rings (SSSR count). The van der Waals surface area contributed by atoms with Gasteiger partial charge < -0.3 is 11.1 Å². The van der Waals surface area contributed by atoms with Gasteiger partial charge in [-0.1, -0.05) is 12.1 Å². The van der Waals surface area contributed by atoms with Crippen LogP contribution < -0.4 is 11.1 Å². The second kappa shape index (κ2) is 5.29. The number of carbonyl (C=O) groups excluding carboxylic acids is 2. The number of hydrogen-bond donors (Lipinski definition) is 2. The molecule has 0 spiro atoms. The Kier molecular flexibility index (Phi) is 3.55. The molecule has 2 aromatic rings. The fourth-order valence-electron chi connectivity index (χ4n) is 1.35. The lowest BCUT2D eigenvalue weighted by atomic mass is 10.4. The van der Waals surface area contributed by atoms with E-state index in [0.29, 0.717) is 17.9 Å². The Morgan fingerprint density at radius 3 is 2.84 bits per heavy atom. The van der Waals surface area contributed by atoms with Crippen molar-refractivity contribution in [2.24, 2.45) is 0 Å². The van der Waals surface area contributed by atoms with Crippen LogP contribution >= 0.6 is 0 Å². The Balaban J connectivity index is 2.00. The first-order valence-corrected chi connectivity index (χ1v) is 5.62. The van der Waals surface area contributed by atoms with Gasteiger partial charge in [0.05, 0.1) is 24.3 Å². The number of nitrogen functional groups attached to an aromatic ring is 1. The van der Waals surface area contributed by atoms with Crippen molar-refractivity contribution < 1.29 is 9.59 Å². The molecule has 0 aliphatic rings. The summed E-state index contributed by atoms with van der Waals surface area (Å²) in [5, 5.41) is 13.8. The van der Waals surface area contributed by atoms with Crippen LogP contribution in [-0.2, 0) is 11.3 Å². The van der Waals surface area contributed by atoms with Gasteiger partial charge in [0.2, 0.25) is 5.91 Å². The van der Waals surface area contributed by atoms with Gasteiger partial charge in [-0.15, -0.1) is 5.10 Å². The third kappa shape index (κ3) is 3.15. The van der Waals surface area contributed by atoms with Crippen molar-refractivity contribution in [1.29, 1.82) is 0 Å². The van der Waals surface area contributed by atoms with E-state index < -0.39 is 0 Å². The summed E-state index contributed by atoms with van der Waals surface area (Å²) in [6.07, 6.45) is 4.61. The molecule has 100 valence electrons. The minimum absolute atomic E-state index is 0.0455. The van der Waals surface area contributed by atoms with Crippen LogP contribution in [0.2, 0.25) is 0 Å². The molecule has 9 heteroatoms. The average molecular weight is 263 g/mol. The van der Waals surface area contributed by atoms with Crippen LogP contribution in [0.4, 0.5) is 11.5 Å². The highest BCUT2D eigenvalue weighted by Gasteiger charge is 2.10. The number of nitrogens with two attached hydrogens (primary N) is 1. The van der Waals surface area contributed by atoms with E-state index in [1.807, 2.05) is 0 Å². The summed E-state index contributed by atoms with van der Waals surface area (Å²) in [5.41, 5.74) is 5.87. The van der Waals surface area contributed by atoms with Crippen molar-refractivity contribution >= 4 is 23.3 Å². The summed E-state index contributed by atoms with van der Waals surface area (Å²) >= 11 is 0. The molecular formula is C10H13N7O2. The molecule has 3 N–H and O–H groups in total. The Morgan fingerprint density at radius 2 is 2.21 bits per heavy atom. The molecule has 0 atom stereocenters. The van der Waals surface area contributed by atoms with Gasteiger partial charge in [-0.05, 0) is 0 Å². The van der Waals surface area contributed by atoms with E-state index in [4.69, 9.17) is 5.73 Å². The third-order valence-corrected chi connectivity index (χ3v) is 2.28. The van der Waals surface area contributed by atoms with Gasteiger partial charge in [0.15, 0.2) is 5.82 Å². The molecule has 0 unspecified atom stereocenters. The highest BCUT2D eigenvalue weighted by atomic mass is 16.2. The van der Waals surface area contributed by atoms with Gasteiger partial charge in [0.25, 0.3) is 5.91 Å². The van der Waals surface area contributed by atoms with E-state index in [2.05, 4.69) is 20.7 Å². The van der Waals surface area contributed by atoms with Crippen molar-refractivity contribution in [3.05, 3.63) is 18.6 Å². The minimum atomic E-state index is -0.310. The molecule has 0 fully saturated rings. The lowest BCUT2D eigenvalue weighted by Gasteiger charge is -1.99. The number of carbonyl (C=O) groups is 2. The van der Waals surface area contributed by atoms with Crippen LogP contribution in [-0.4, -0.2) is 36.6 Å². The van der Waals surface area contributed by atoms with Crippen LogP contribution in [0.15, 0.2) is 18.6 Å². The smallest absolute Gasteiger partial charge is 0.268 e. The maximum absolute atomic E-state index is 11.8. The van der Waals surface area contributed by atoms with E-state index >= 15 is 0 Å². The molecular weight excluding hydrogens is 250 g/mol. The highest BCUT2D eigenvalue weighted by Crippen LogP contribution is 2.02. The number of amides is 1. The van der Waals surface area contributed by atoms with Gasteiger partial charge in [0, 0.05) is 6.42 Å². The second-order valence-corrected chi connectivity index (χ2v) is 3.82. The third-order valence-electron chi connectivity index (χ3n) is 2.28. The molecule has 2 heterocycles.